The summed E-state index contributed by atoms with van der Waals surface area (Å²) in [6, 6.07) is 6.33. The Balaban J connectivity index is 2.52. The Labute approximate surface area is 105 Å². The number of thioether (sulfide) groups is 1. The molecule has 1 aromatic carbocycles. The molecule has 1 heterocycles. The largest absolute Gasteiger partial charge is 0.326 e. The zero-order valence-electron chi connectivity index (χ0n) is 9.53. The molecule has 0 aliphatic heterocycles. The van der Waals surface area contributed by atoms with E-state index in [1.165, 1.54) is 11.1 Å². The summed E-state index contributed by atoms with van der Waals surface area (Å²) in [5, 5.41) is 0. The number of aryl methyl sites for hydroxylation is 2. The number of fused-ring (bicyclic) bond motifs is 1. The summed E-state index contributed by atoms with van der Waals surface area (Å²) in [7, 11) is 0. The summed E-state index contributed by atoms with van der Waals surface area (Å²) in [6.45, 7) is 3.08. The van der Waals surface area contributed by atoms with E-state index in [-0.39, 0.29) is 0 Å². The third kappa shape index (κ3) is 2.20. The second-order valence-electron chi connectivity index (χ2n) is 3.80. The molecular formula is C12H15ClN2S. The molecule has 0 bridgehead atoms. The molecule has 2 nitrogen and oxygen atoms in total. The molecule has 2 aromatic rings. The Morgan fingerprint density at radius 2 is 2.25 bits per heavy atom. The molecule has 2 rings (SSSR count). The third-order valence-electron chi connectivity index (χ3n) is 2.62. The highest BCUT2D eigenvalue weighted by molar-refractivity contribution is 7.98. The molecule has 0 saturated heterocycles. The minimum absolute atomic E-state index is 0.474. The van der Waals surface area contributed by atoms with Crippen LogP contribution in [-0.4, -0.2) is 21.6 Å². The van der Waals surface area contributed by atoms with Crippen molar-refractivity contribution in [2.75, 3.05) is 12.0 Å². The SMILES string of the molecule is CSCCn1c(CCl)nc2ccc(C)cc21. The van der Waals surface area contributed by atoms with Gasteiger partial charge in [-0.05, 0) is 30.9 Å². The van der Waals surface area contributed by atoms with Crippen molar-refractivity contribution in [1.29, 1.82) is 0 Å². The summed E-state index contributed by atoms with van der Waals surface area (Å²) in [5.41, 5.74) is 3.51. The molecule has 0 radical (unpaired) electrons. The van der Waals surface area contributed by atoms with E-state index in [0.29, 0.717) is 5.88 Å². The van der Waals surface area contributed by atoms with Gasteiger partial charge in [0, 0.05) is 12.3 Å². The number of benzene rings is 1. The second kappa shape index (κ2) is 5.11. The van der Waals surface area contributed by atoms with Crippen molar-refractivity contribution < 1.29 is 0 Å². The average Bonchev–Trinajstić information content (AvgIpc) is 2.63. The highest BCUT2D eigenvalue weighted by atomic mass is 35.5. The van der Waals surface area contributed by atoms with Crippen LogP contribution in [0.15, 0.2) is 18.2 Å². The number of rotatable bonds is 4. The quantitative estimate of drug-likeness (QED) is 0.778. The van der Waals surface area contributed by atoms with Crippen molar-refractivity contribution in [2.24, 2.45) is 0 Å². The van der Waals surface area contributed by atoms with E-state index in [0.717, 1.165) is 23.6 Å². The smallest absolute Gasteiger partial charge is 0.124 e. The summed E-state index contributed by atoms with van der Waals surface area (Å²) in [5.74, 6) is 2.53. The molecule has 1 aromatic heterocycles. The summed E-state index contributed by atoms with van der Waals surface area (Å²) < 4.78 is 2.23. The molecule has 0 fully saturated rings. The van der Waals surface area contributed by atoms with E-state index in [1.807, 2.05) is 11.8 Å². The van der Waals surface area contributed by atoms with Crippen molar-refractivity contribution >= 4 is 34.4 Å². The lowest BCUT2D eigenvalue weighted by Crippen LogP contribution is -2.04. The maximum absolute atomic E-state index is 5.93. The van der Waals surface area contributed by atoms with Gasteiger partial charge >= 0.3 is 0 Å². The van der Waals surface area contributed by atoms with Crippen LogP contribution in [0.2, 0.25) is 0 Å². The number of hydrogen-bond acceptors (Lipinski definition) is 2. The van der Waals surface area contributed by atoms with Crippen molar-refractivity contribution in [2.45, 2.75) is 19.3 Å². The fraction of sp³-hybridized carbons (Fsp3) is 0.417. The Morgan fingerprint density at radius 3 is 2.94 bits per heavy atom. The third-order valence-corrected chi connectivity index (χ3v) is 3.45. The number of halogens is 1. The van der Waals surface area contributed by atoms with Crippen LogP contribution in [-0.2, 0) is 12.4 Å². The predicted octanol–water partition coefficient (Wildman–Crippen LogP) is 3.45. The number of alkyl halides is 1. The first-order valence-corrected chi connectivity index (χ1v) is 7.19. The second-order valence-corrected chi connectivity index (χ2v) is 5.05. The van der Waals surface area contributed by atoms with Crippen LogP contribution in [0.4, 0.5) is 0 Å². The molecule has 0 N–H and O–H groups in total. The van der Waals surface area contributed by atoms with E-state index in [1.54, 1.807) is 0 Å². The van der Waals surface area contributed by atoms with Gasteiger partial charge in [-0.1, -0.05) is 6.07 Å². The topological polar surface area (TPSA) is 17.8 Å². The van der Waals surface area contributed by atoms with Crippen LogP contribution in [0.3, 0.4) is 0 Å². The molecule has 0 unspecified atom stereocenters. The van der Waals surface area contributed by atoms with Crippen LogP contribution in [0, 0.1) is 6.92 Å². The number of nitrogens with zero attached hydrogens (tertiary/aromatic N) is 2. The van der Waals surface area contributed by atoms with Crippen molar-refractivity contribution in [1.82, 2.24) is 9.55 Å². The maximum atomic E-state index is 5.93. The van der Waals surface area contributed by atoms with Gasteiger partial charge in [-0.2, -0.15) is 11.8 Å². The van der Waals surface area contributed by atoms with Crippen LogP contribution < -0.4 is 0 Å². The first-order chi connectivity index (χ1) is 7.76. The molecular weight excluding hydrogens is 240 g/mol. The molecule has 16 heavy (non-hydrogen) atoms. The first kappa shape index (κ1) is 11.8. The van der Waals surface area contributed by atoms with Gasteiger partial charge in [0.25, 0.3) is 0 Å². The van der Waals surface area contributed by atoms with Crippen LogP contribution >= 0.6 is 23.4 Å². The van der Waals surface area contributed by atoms with Crippen molar-refractivity contribution in [3.63, 3.8) is 0 Å². The van der Waals surface area contributed by atoms with E-state index in [9.17, 15) is 0 Å². The highest BCUT2D eigenvalue weighted by Crippen LogP contribution is 2.19. The standard InChI is InChI=1S/C12H15ClN2S/c1-9-3-4-10-11(7-9)15(5-6-16-2)12(8-13)14-10/h3-4,7H,5-6,8H2,1-2H3. The van der Waals surface area contributed by atoms with Crippen molar-refractivity contribution in [3.05, 3.63) is 29.6 Å². The van der Waals surface area contributed by atoms with Gasteiger partial charge in [0.2, 0.25) is 0 Å². The van der Waals surface area contributed by atoms with Crippen LogP contribution in [0.5, 0.6) is 0 Å². The van der Waals surface area contributed by atoms with Crippen molar-refractivity contribution in [3.8, 4) is 0 Å². The number of imidazole rings is 1. The lowest BCUT2D eigenvalue weighted by Gasteiger charge is -2.06. The Morgan fingerprint density at radius 1 is 1.44 bits per heavy atom. The van der Waals surface area contributed by atoms with Gasteiger partial charge in [-0.25, -0.2) is 4.98 Å². The van der Waals surface area contributed by atoms with Gasteiger partial charge < -0.3 is 4.57 Å². The summed E-state index contributed by atoms with van der Waals surface area (Å²) in [4.78, 5) is 4.55. The lowest BCUT2D eigenvalue weighted by molar-refractivity contribution is 0.755. The molecule has 4 heteroatoms. The van der Waals surface area contributed by atoms with E-state index in [4.69, 9.17) is 11.6 Å². The van der Waals surface area contributed by atoms with Crippen LogP contribution in [0.1, 0.15) is 11.4 Å². The zero-order valence-corrected chi connectivity index (χ0v) is 11.1. The zero-order chi connectivity index (χ0) is 11.5. The Hall–Kier alpha value is -0.670. The maximum Gasteiger partial charge on any atom is 0.124 e. The number of hydrogen-bond donors (Lipinski definition) is 0. The number of aromatic nitrogens is 2. The Bertz CT molecular complexity index is 493. The van der Waals surface area contributed by atoms with E-state index >= 15 is 0 Å². The molecule has 0 aliphatic rings. The Kier molecular flexibility index (Phi) is 3.77. The normalized spacial score (nSPS) is 11.2. The predicted molar refractivity (Wildman–Crippen MR) is 72.4 cm³/mol. The lowest BCUT2D eigenvalue weighted by atomic mass is 10.2. The van der Waals surface area contributed by atoms with Crippen LogP contribution in [0.25, 0.3) is 11.0 Å². The highest BCUT2D eigenvalue weighted by Gasteiger charge is 2.09. The fourth-order valence-electron chi connectivity index (χ4n) is 1.82. The van der Waals surface area contributed by atoms with Gasteiger partial charge in [-0.15, -0.1) is 11.6 Å². The van der Waals surface area contributed by atoms with E-state index in [2.05, 4.69) is 40.9 Å². The molecule has 0 aliphatic carbocycles. The molecule has 0 saturated carbocycles. The molecule has 0 amide bonds. The minimum atomic E-state index is 0.474. The van der Waals surface area contributed by atoms with Gasteiger partial charge in [0.1, 0.15) is 5.82 Å². The van der Waals surface area contributed by atoms with Gasteiger partial charge in [0.15, 0.2) is 0 Å². The van der Waals surface area contributed by atoms with Gasteiger partial charge in [-0.3, -0.25) is 0 Å². The minimum Gasteiger partial charge on any atom is -0.326 e. The molecule has 0 atom stereocenters. The molecule has 0 spiro atoms. The fourth-order valence-corrected chi connectivity index (χ4v) is 2.39. The van der Waals surface area contributed by atoms with E-state index < -0.39 is 0 Å². The summed E-state index contributed by atoms with van der Waals surface area (Å²) in [6.07, 6.45) is 2.12. The molecule has 86 valence electrons. The first-order valence-electron chi connectivity index (χ1n) is 5.27. The summed E-state index contributed by atoms with van der Waals surface area (Å²) >= 11 is 7.77. The average molecular weight is 255 g/mol. The monoisotopic (exact) mass is 254 g/mol. The van der Waals surface area contributed by atoms with Gasteiger partial charge in [0.05, 0.1) is 16.9 Å².